The van der Waals surface area contributed by atoms with Gasteiger partial charge in [0.2, 0.25) is 0 Å². The Balaban J connectivity index is 1.41. The van der Waals surface area contributed by atoms with Crippen LogP contribution in [0.1, 0.15) is 42.6 Å². The zero-order valence-corrected chi connectivity index (χ0v) is 16.2. The van der Waals surface area contributed by atoms with E-state index in [9.17, 15) is 0 Å². The standard InChI is InChI=1S/C22H32N4/c1-18-6-3-4-7-19(18)8-5-14-26(17-21-24-13-15-25(21)2)20-16-22(20)9-11-23-12-10-22/h3-4,6-7,13,15,20,23H,5,8-12,14,16-17H2,1-2H3. The number of benzene rings is 1. The van der Waals surface area contributed by atoms with Crippen LogP contribution in [0.3, 0.4) is 0 Å². The predicted octanol–water partition coefficient (Wildman–Crippen LogP) is 3.31. The summed E-state index contributed by atoms with van der Waals surface area (Å²) in [6.45, 7) is 6.76. The molecule has 2 heterocycles. The molecule has 1 aliphatic carbocycles. The van der Waals surface area contributed by atoms with E-state index in [0.717, 1.165) is 12.6 Å². The maximum absolute atomic E-state index is 4.59. The molecule has 140 valence electrons. The van der Waals surface area contributed by atoms with Crippen LogP contribution in [0.15, 0.2) is 36.7 Å². The highest BCUT2D eigenvalue weighted by molar-refractivity contribution is 5.25. The lowest BCUT2D eigenvalue weighted by molar-refractivity contribution is 0.188. The minimum absolute atomic E-state index is 0.582. The van der Waals surface area contributed by atoms with Crippen molar-refractivity contribution in [2.75, 3.05) is 19.6 Å². The highest BCUT2D eigenvalue weighted by atomic mass is 15.2. The molecule has 1 saturated carbocycles. The third kappa shape index (κ3) is 3.72. The molecule has 1 atom stereocenters. The van der Waals surface area contributed by atoms with Crippen LogP contribution < -0.4 is 5.32 Å². The number of imidazole rings is 1. The fourth-order valence-electron chi connectivity index (χ4n) is 4.74. The number of rotatable bonds is 7. The summed E-state index contributed by atoms with van der Waals surface area (Å²) in [5, 5.41) is 3.53. The van der Waals surface area contributed by atoms with E-state index in [0.29, 0.717) is 5.41 Å². The van der Waals surface area contributed by atoms with Crippen molar-refractivity contribution in [1.29, 1.82) is 0 Å². The second-order valence-electron chi connectivity index (χ2n) is 8.29. The highest BCUT2D eigenvalue weighted by Gasteiger charge is 2.56. The van der Waals surface area contributed by atoms with Gasteiger partial charge in [-0.1, -0.05) is 24.3 Å². The second-order valence-corrected chi connectivity index (χ2v) is 8.29. The zero-order chi connectivity index (χ0) is 18.0. The van der Waals surface area contributed by atoms with Gasteiger partial charge in [-0.15, -0.1) is 0 Å². The summed E-state index contributed by atoms with van der Waals surface area (Å²) in [5.74, 6) is 1.19. The third-order valence-electron chi connectivity index (χ3n) is 6.60. The van der Waals surface area contributed by atoms with E-state index in [1.807, 2.05) is 6.20 Å². The van der Waals surface area contributed by atoms with Crippen LogP contribution in [0.4, 0.5) is 0 Å². The molecule has 26 heavy (non-hydrogen) atoms. The van der Waals surface area contributed by atoms with Gasteiger partial charge in [0.25, 0.3) is 0 Å². The smallest absolute Gasteiger partial charge is 0.122 e. The Hall–Kier alpha value is -1.65. The van der Waals surface area contributed by atoms with Crippen molar-refractivity contribution >= 4 is 0 Å². The number of nitrogens with zero attached hydrogens (tertiary/aromatic N) is 3. The second kappa shape index (κ2) is 7.53. The summed E-state index contributed by atoms with van der Waals surface area (Å²) in [4.78, 5) is 7.32. The van der Waals surface area contributed by atoms with E-state index in [1.54, 1.807) is 0 Å². The van der Waals surface area contributed by atoms with Crippen LogP contribution >= 0.6 is 0 Å². The molecular formula is C22H32N4. The van der Waals surface area contributed by atoms with Crippen molar-refractivity contribution in [1.82, 2.24) is 19.8 Å². The maximum atomic E-state index is 4.59. The van der Waals surface area contributed by atoms with Crippen LogP contribution in [0.25, 0.3) is 0 Å². The zero-order valence-electron chi connectivity index (χ0n) is 16.2. The quantitative estimate of drug-likeness (QED) is 0.830. The molecule has 4 rings (SSSR count). The number of aryl methyl sites for hydroxylation is 3. The fraction of sp³-hybridized carbons (Fsp3) is 0.591. The normalized spacial score (nSPS) is 21.4. The Morgan fingerprint density at radius 2 is 2.08 bits per heavy atom. The SMILES string of the molecule is Cc1ccccc1CCCN(Cc1nccn1C)C1CC12CCNCC2. The van der Waals surface area contributed by atoms with Gasteiger partial charge in [0.15, 0.2) is 0 Å². The van der Waals surface area contributed by atoms with Crippen molar-refractivity contribution in [3.05, 3.63) is 53.6 Å². The lowest BCUT2D eigenvalue weighted by Gasteiger charge is -2.29. The van der Waals surface area contributed by atoms with Gasteiger partial charge in [0.1, 0.15) is 5.82 Å². The van der Waals surface area contributed by atoms with Crippen molar-refractivity contribution < 1.29 is 0 Å². The van der Waals surface area contributed by atoms with Crippen molar-refractivity contribution in [2.45, 2.75) is 51.6 Å². The number of piperidine rings is 1. The van der Waals surface area contributed by atoms with Gasteiger partial charge in [0.05, 0.1) is 6.54 Å². The summed E-state index contributed by atoms with van der Waals surface area (Å²) >= 11 is 0. The lowest BCUT2D eigenvalue weighted by atomic mass is 9.93. The number of hydrogen-bond donors (Lipinski definition) is 1. The molecule has 1 aliphatic heterocycles. The molecule has 4 heteroatoms. The Morgan fingerprint density at radius 3 is 2.81 bits per heavy atom. The van der Waals surface area contributed by atoms with Gasteiger partial charge >= 0.3 is 0 Å². The monoisotopic (exact) mass is 352 g/mol. The third-order valence-corrected chi connectivity index (χ3v) is 6.60. The Kier molecular flexibility index (Phi) is 5.14. The summed E-state index contributed by atoms with van der Waals surface area (Å²) in [7, 11) is 2.11. The van der Waals surface area contributed by atoms with Gasteiger partial charge in [-0.2, -0.15) is 0 Å². The van der Waals surface area contributed by atoms with E-state index in [2.05, 4.69) is 64.2 Å². The molecule has 1 aromatic carbocycles. The number of hydrogen-bond acceptors (Lipinski definition) is 3. The van der Waals surface area contributed by atoms with Crippen LogP contribution in [0, 0.1) is 12.3 Å². The molecule has 1 aromatic heterocycles. The van der Waals surface area contributed by atoms with E-state index >= 15 is 0 Å². The van der Waals surface area contributed by atoms with Gasteiger partial charge in [0, 0.05) is 25.5 Å². The summed E-state index contributed by atoms with van der Waals surface area (Å²) in [6, 6.07) is 9.56. The molecular weight excluding hydrogens is 320 g/mol. The Morgan fingerprint density at radius 1 is 1.27 bits per heavy atom. The van der Waals surface area contributed by atoms with Crippen molar-refractivity contribution in [2.24, 2.45) is 12.5 Å². The first-order valence-corrected chi connectivity index (χ1v) is 10.1. The molecule has 1 unspecified atom stereocenters. The van der Waals surface area contributed by atoms with Gasteiger partial charge < -0.3 is 9.88 Å². The fourth-order valence-corrected chi connectivity index (χ4v) is 4.74. The Labute approximate surface area is 157 Å². The predicted molar refractivity (Wildman–Crippen MR) is 106 cm³/mol. The summed E-state index contributed by atoms with van der Waals surface area (Å²) < 4.78 is 2.17. The number of nitrogens with one attached hydrogen (secondary N) is 1. The van der Waals surface area contributed by atoms with E-state index in [1.165, 1.54) is 68.7 Å². The molecule has 2 fully saturated rings. The molecule has 0 radical (unpaired) electrons. The van der Waals surface area contributed by atoms with E-state index in [4.69, 9.17) is 0 Å². The summed E-state index contributed by atoms with van der Waals surface area (Å²) in [5.41, 5.74) is 3.50. The molecule has 1 saturated heterocycles. The van der Waals surface area contributed by atoms with Crippen molar-refractivity contribution in [3.8, 4) is 0 Å². The number of aromatic nitrogens is 2. The first-order valence-electron chi connectivity index (χ1n) is 10.1. The van der Waals surface area contributed by atoms with Crippen molar-refractivity contribution in [3.63, 3.8) is 0 Å². The van der Waals surface area contributed by atoms with E-state index in [-0.39, 0.29) is 0 Å². The maximum Gasteiger partial charge on any atom is 0.122 e. The highest BCUT2D eigenvalue weighted by Crippen LogP contribution is 2.56. The largest absolute Gasteiger partial charge is 0.337 e. The minimum atomic E-state index is 0.582. The molecule has 2 aromatic rings. The van der Waals surface area contributed by atoms with Gasteiger partial charge in [-0.25, -0.2) is 4.98 Å². The van der Waals surface area contributed by atoms with Crippen LogP contribution in [-0.4, -0.2) is 40.1 Å². The average Bonchev–Trinajstić information content (AvgIpc) is 3.17. The Bertz CT molecular complexity index is 729. The van der Waals surface area contributed by atoms with Crippen LogP contribution in [-0.2, 0) is 20.0 Å². The van der Waals surface area contributed by atoms with Gasteiger partial charge in [-0.05, 0) is 75.2 Å². The summed E-state index contributed by atoms with van der Waals surface area (Å²) in [6.07, 6.45) is 10.4. The molecule has 2 aliphatic rings. The molecule has 4 nitrogen and oxygen atoms in total. The van der Waals surface area contributed by atoms with Gasteiger partial charge in [-0.3, -0.25) is 4.90 Å². The molecule has 0 amide bonds. The minimum Gasteiger partial charge on any atom is -0.337 e. The van der Waals surface area contributed by atoms with Crippen LogP contribution in [0.5, 0.6) is 0 Å². The lowest BCUT2D eigenvalue weighted by Crippen LogP contribution is -2.37. The topological polar surface area (TPSA) is 33.1 Å². The molecule has 1 spiro atoms. The van der Waals surface area contributed by atoms with Crippen LogP contribution in [0.2, 0.25) is 0 Å². The van der Waals surface area contributed by atoms with E-state index < -0.39 is 0 Å². The first kappa shape index (κ1) is 17.7. The molecule has 1 N–H and O–H groups in total. The first-order chi connectivity index (χ1) is 12.7. The average molecular weight is 353 g/mol. The molecule has 0 bridgehead atoms.